The van der Waals surface area contributed by atoms with Crippen LogP contribution in [0, 0.1) is 6.92 Å². The Morgan fingerprint density at radius 3 is 2.62 bits per heavy atom. The number of nitrogens with two attached hydrogens (primary N) is 1. The van der Waals surface area contributed by atoms with Crippen molar-refractivity contribution in [2.75, 3.05) is 11.1 Å². The maximum Gasteiger partial charge on any atom is 0.154 e. The minimum Gasteiger partial charge on any atom is -0.395 e. The van der Waals surface area contributed by atoms with Crippen molar-refractivity contribution in [1.29, 1.82) is 0 Å². The van der Waals surface area contributed by atoms with Gasteiger partial charge < -0.3 is 11.1 Å². The zero-order chi connectivity index (χ0) is 11.5. The summed E-state index contributed by atoms with van der Waals surface area (Å²) in [5.41, 5.74) is 8.89. The van der Waals surface area contributed by atoms with Crippen LogP contribution in [0.1, 0.15) is 5.69 Å². The Bertz CT molecular complexity index is 497. The van der Waals surface area contributed by atoms with E-state index in [1.165, 1.54) is 0 Å². The number of pyridine rings is 1. The molecule has 4 heteroatoms. The standard InChI is InChI=1S/C12H12ClN3/c1-8-7-10(11(14)12(13)15-8)16-9-5-3-2-4-6-9/h2-7H,14H2,1H3,(H,15,16). The first-order valence-electron chi connectivity index (χ1n) is 4.91. The Morgan fingerprint density at radius 1 is 1.25 bits per heavy atom. The van der Waals surface area contributed by atoms with E-state index >= 15 is 0 Å². The topological polar surface area (TPSA) is 50.9 Å². The molecule has 0 amide bonds. The molecule has 16 heavy (non-hydrogen) atoms. The Morgan fingerprint density at radius 2 is 1.94 bits per heavy atom. The van der Waals surface area contributed by atoms with Crippen LogP contribution < -0.4 is 11.1 Å². The summed E-state index contributed by atoms with van der Waals surface area (Å²) in [4.78, 5) is 4.08. The van der Waals surface area contributed by atoms with Crippen molar-refractivity contribution in [2.45, 2.75) is 6.92 Å². The van der Waals surface area contributed by atoms with Crippen LogP contribution in [-0.4, -0.2) is 4.98 Å². The van der Waals surface area contributed by atoms with Gasteiger partial charge in [0.2, 0.25) is 0 Å². The highest BCUT2D eigenvalue weighted by atomic mass is 35.5. The number of para-hydroxylation sites is 1. The molecule has 0 fully saturated rings. The number of nitrogen functional groups attached to an aromatic ring is 1. The number of aromatic nitrogens is 1. The van der Waals surface area contributed by atoms with Gasteiger partial charge in [0.1, 0.15) is 0 Å². The molecule has 0 saturated carbocycles. The molecule has 0 unspecified atom stereocenters. The molecule has 2 aromatic rings. The molecule has 3 N–H and O–H groups in total. The Hall–Kier alpha value is -1.74. The lowest BCUT2D eigenvalue weighted by molar-refractivity contribution is 1.20. The summed E-state index contributed by atoms with van der Waals surface area (Å²) in [6, 6.07) is 11.7. The molecular weight excluding hydrogens is 222 g/mol. The molecular formula is C12H12ClN3. The van der Waals surface area contributed by atoms with Gasteiger partial charge in [0.05, 0.1) is 11.4 Å². The largest absolute Gasteiger partial charge is 0.395 e. The fourth-order valence-corrected chi connectivity index (χ4v) is 1.66. The molecule has 0 aliphatic carbocycles. The molecule has 0 spiro atoms. The fourth-order valence-electron chi connectivity index (χ4n) is 1.43. The van der Waals surface area contributed by atoms with Crippen molar-refractivity contribution in [3.8, 4) is 0 Å². The molecule has 1 aromatic carbocycles. The average molecular weight is 234 g/mol. The van der Waals surface area contributed by atoms with Crippen molar-refractivity contribution in [1.82, 2.24) is 4.98 Å². The van der Waals surface area contributed by atoms with Gasteiger partial charge in [-0.2, -0.15) is 0 Å². The summed E-state index contributed by atoms with van der Waals surface area (Å²) in [5, 5.41) is 3.54. The van der Waals surface area contributed by atoms with E-state index in [4.69, 9.17) is 17.3 Å². The van der Waals surface area contributed by atoms with Crippen molar-refractivity contribution >= 4 is 28.7 Å². The lowest BCUT2D eigenvalue weighted by Crippen LogP contribution is -1.99. The van der Waals surface area contributed by atoms with E-state index in [-0.39, 0.29) is 0 Å². The molecule has 2 rings (SSSR count). The van der Waals surface area contributed by atoms with E-state index in [1.54, 1.807) is 0 Å². The van der Waals surface area contributed by atoms with Gasteiger partial charge in [-0.15, -0.1) is 0 Å². The number of aryl methyl sites for hydroxylation is 1. The van der Waals surface area contributed by atoms with Gasteiger partial charge in [0.15, 0.2) is 5.15 Å². The third-order valence-electron chi connectivity index (χ3n) is 2.19. The fraction of sp³-hybridized carbons (Fsp3) is 0.0833. The second kappa shape index (κ2) is 4.41. The Balaban J connectivity index is 2.35. The molecule has 0 atom stereocenters. The van der Waals surface area contributed by atoms with Crippen LogP contribution in [-0.2, 0) is 0 Å². The number of hydrogen-bond donors (Lipinski definition) is 2. The molecule has 0 radical (unpaired) electrons. The molecule has 0 saturated heterocycles. The van der Waals surface area contributed by atoms with Crippen LogP contribution >= 0.6 is 11.6 Å². The molecule has 0 aliphatic rings. The molecule has 1 aromatic heterocycles. The summed E-state index contributed by atoms with van der Waals surface area (Å²) in [6.45, 7) is 1.88. The number of hydrogen-bond acceptors (Lipinski definition) is 3. The Labute approximate surface area is 99.3 Å². The number of nitrogens with zero attached hydrogens (tertiary/aromatic N) is 1. The first-order chi connectivity index (χ1) is 7.66. The van der Waals surface area contributed by atoms with Crippen LogP contribution in [0.5, 0.6) is 0 Å². The van der Waals surface area contributed by atoms with E-state index < -0.39 is 0 Å². The minimum atomic E-state index is 0.332. The van der Waals surface area contributed by atoms with Crippen molar-refractivity contribution in [3.63, 3.8) is 0 Å². The normalized spacial score (nSPS) is 10.1. The predicted octanol–water partition coefficient (Wildman–Crippen LogP) is 3.37. The zero-order valence-electron chi connectivity index (χ0n) is 8.87. The number of nitrogens with one attached hydrogen (secondary N) is 1. The van der Waals surface area contributed by atoms with Gasteiger partial charge in [-0.3, -0.25) is 0 Å². The maximum absolute atomic E-state index is 5.91. The minimum absolute atomic E-state index is 0.332. The average Bonchev–Trinajstić information content (AvgIpc) is 2.27. The van der Waals surface area contributed by atoms with E-state index in [9.17, 15) is 0 Å². The zero-order valence-corrected chi connectivity index (χ0v) is 9.62. The van der Waals surface area contributed by atoms with Gasteiger partial charge in [-0.1, -0.05) is 29.8 Å². The van der Waals surface area contributed by atoms with Crippen LogP contribution in [0.15, 0.2) is 36.4 Å². The Kier molecular flexibility index (Phi) is 2.97. The first kappa shape index (κ1) is 10.8. The third kappa shape index (κ3) is 2.25. The summed E-state index contributed by atoms with van der Waals surface area (Å²) < 4.78 is 0. The summed E-state index contributed by atoms with van der Waals surface area (Å²) >= 11 is 5.91. The summed E-state index contributed by atoms with van der Waals surface area (Å²) in [5.74, 6) is 0. The summed E-state index contributed by atoms with van der Waals surface area (Å²) in [6.07, 6.45) is 0. The highest BCUT2D eigenvalue weighted by Gasteiger charge is 2.06. The van der Waals surface area contributed by atoms with Crippen LogP contribution in [0.4, 0.5) is 17.1 Å². The van der Waals surface area contributed by atoms with Gasteiger partial charge >= 0.3 is 0 Å². The lowest BCUT2D eigenvalue weighted by atomic mass is 10.2. The number of benzene rings is 1. The summed E-state index contributed by atoms with van der Waals surface area (Å²) in [7, 11) is 0. The van der Waals surface area contributed by atoms with E-state index in [1.807, 2.05) is 43.3 Å². The molecule has 0 aliphatic heterocycles. The van der Waals surface area contributed by atoms with Gasteiger partial charge in [-0.25, -0.2) is 4.98 Å². The van der Waals surface area contributed by atoms with Crippen LogP contribution in [0.25, 0.3) is 0 Å². The van der Waals surface area contributed by atoms with Crippen LogP contribution in [0.2, 0.25) is 5.15 Å². The van der Waals surface area contributed by atoms with E-state index in [0.29, 0.717) is 10.8 Å². The monoisotopic (exact) mass is 233 g/mol. The van der Waals surface area contributed by atoms with Gasteiger partial charge in [0, 0.05) is 11.4 Å². The van der Waals surface area contributed by atoms with Gasteiger partial charge in [-0.05, 0) is 25.1 Å². The van der Waals surface area contributed by atoms with E-state index in [0.717, 1.165) is 17.1 Å². The highest BCUT2D eigenvalue weighted by molar-refractivity contribution is 6.32. The number of anilines is 3. The first-order valence-corrected chi connectivity index (χ1v) is 5.29. The number of halogens is 1. The van der Waals surface area contributed by atoms with Gasteiger partial charge in [0.25, 0.3) is 0 Å². The second-order valence-corrected chi connectivity index (χ2v) is 3.86. The smallest absolute Gasteiger partial charge is 0.154 e. The molecule has 0 bridgehead atoms. The highest BCUT2D eigenvalue weighted by Crippen LogP contribution is 2.28. The number of rotatable bonds is 2. The van der Waals surface area contributed by atoms with Crippen LogP contribution in [0.3, 0.4) is 0 Å². The SMILES string of the molecule is Cc1cc(Nc2ccccc2)c(N)c(Cl)n1. The second-order valence-electron chi connectivity index (χ2n) is 3.51. The van der Waals surface area contributed by atoms with E-state index in [2.05, 4.69) is 10.3 Å². The third-order valence-corrected chi connectivity index (χ3v) is 2.48. The molecule has 1 heterocycles. The molecule has 82 valence electrons. The molecule has 3 nitrogen and oxygen atoms in total. The van der Waals surface area contributed by atoms with Crippen molar-refractivity contribution in [3.05, 3.63) is 47.2 Å². The quantitative estimate of drug-likeness (QED) is 0.782. The van der Waals surface area contributed by atoms with Crippen molar-refractivity contribution in [2.24, 2.45) is 0 Å². The predicted molar refractivity (Wildman–Crippen MR) is 68.1 cm³/mol. The van der Waals surface area contributed by atoms with Crippen molar-refractivity contribution < 1.29 is 0 Å². The maximum atomic E-state index is 5.91. The lowest BCUT2D eigenvalue weighted by Gasteiger charge is -2.10.